The van der Waals surface area contributed by atoms with Crippen molar-refractivity contribution in [2.45, 2.75) is 31.8 Å². The number of rotatable bonds is 0. The Balaban J connectivity index is 2.20. The second-order valence-corrected chi connectivity index (χ2v) is 5.13. The second-order valence-electron chi connectivity index (χ2n) is 5.13. The van der Waals surface area contributed by atoms with Gasteiger partial charge < -0.3 is 4.74 Å². The molecule has 17 heavy (non-hydrogen) atoms. The van der Waals surface area contributed by atoms with Gasteiger partial charge in [0.2, 0.25) is 0 Å². The van der Waals surface area contributed by atoms with Gasteiger partial charge in [0.05, 0.1) is 5.69 Å². The number of para-hydroxylation sites is 1. The fourth-order valence-corrected chi connectivity index (χ4v) is 3.20. The van der Waals surface area contributed by atoms with Crippen molar-refractivity contribution in [2.24, 2.45) is 5.92 Å². The van der Waals surface area contributed by atoms with E-state index in [0.29, 0.717) is 5.92 Å². The zero-order valence-electron chi connectivity index (χ0n) is 10.3. The molecule has 0 bridgehead atoms. The van der Waals surface area contributed by atoms with E-state index in [2.05, 4.69) is 13.0 Å². The average Bonchev–Trinajstić information content (AvgIpc) is 2.69. The molecule has 1 spiro atoms. The summed E-state index contributed by atoms with van der Waals surface area (Å²) in [6, 6.07) is 8.10. The van der Waals surface area contributed by atoms with Crippen molar-refractivity contribution in [3.63, 3.8) is 0 Å². The Morgan fingerprint density at radius 2 is 2.18 bits per heavy atom. The number of fused-ring (bicyclic) bond motifs is 2. The average molecular weight is 231 g/mol. The van der Waals surface area contributed by atoms with Crippen molar-refractivity contribution in [3.8, 4) is 0 Å². The predicted molar refractivity (Wildman–Crippen MR) is 66.0 cm³/mol. The lowest BCUT2D eigenvalue weighted by Gasteiger charge is -2.41. The summed E-state index contributed by atoms with van der Waals surface area (Å²) in [5.74, 6) is 0.404. The van der Waals surface area contributed by atoms with E-state index >= 15 is 0 Å². The van der Waals surface area contributed by atoms with Gasteiger partial charge in [0.1, 0.15) is 5.60 Å². The molecule has 1 saturated carbocycles. The number of amides is 1. The first-order valence-corrected chi connectivity index (χ1v) is 6.21. The Hall–Kier alpha value is -1.51. The number of carbonyl (C=O) groups excluding carboxylic acids is 1. The van der Waals surface area contributed by atoms with E-state index in [4.69, 9.17) is 4.74 Å². The van der Waals surface area contributed by atoms with Crippen LogP contribution < -0.4 is 4.90 Å². The lowest BCUT2D eigenvalue weighted by Crippen LogP contribution is -2.45. The summed E-state index contributed by atoms with van der Waals surface area (Å²) in [4.78, 5) is 13.6. The fourth-order valence-electron chi connectivity index (χ4n) is 3.20. The number of hydrogen-bond donors (Lipinski definition) is 0. The highest BCUT2D eigenvalue weighted by Gasteiger charge is 2.50. The molecule has 1 aromatic carbocycles. The van der Waals surface area contributed by atoms with E-state index in [1.54, 1.807) is 11.9 Å². The van der Waals surface area contributed by atoms with Crippen LogP contribution in [0.15, 0.2) is 24.3 Å². The molecule has 2 atom stereocenters. The summed E-state index contributed by atoms with van der Waals surface area (Å²) in [5, 5.41) is 0. The van der Waals surface area contributed by atoms with Crippen molar-refractivity contribution in [1.82, 2.24) is 0 Å². The van der Waals surface area contributed by atoms with E-state index in [-0.39, 0.29) is 11.7 Å². The summed E-state index contributed by atoms with van der Waals surface area (Å²) in [5.41, 5.74) is 1.80. The van der Waals surface area contributed by atoms with Crippen molar-refractivity contribution in [2.75, 3.05) is 11.9 Å². The SMILES string of the molecule is C[C@H]1CCC[C@@]12OC(=O)N(C)c1ccccc12. The lowest BCUT2D eigenvalue weighted by molar-refractivity contribution is -0.0188. The molecule has 1 heterocycles. The first-order chi connectivity index (χ1) is 8.15. The topological polar surface area (TPSA) is 29.5 Å². The molecular weight excluding hydrogens is 214 g/mol. The maximum Gasteiger partial charge on any atom is 0.414 e. The van der Waals surface area contributed by atoms with Crippen molar-refractivity contribution >= 4 is 11.8 Å². The highest BCUT2D eigenvalue weighted by molar-refractivity contribution is 5.91. The van der Waals surface area contributed by atoms with Crippen LogP contribution in [0.3, 0.4) is 0 Å². The molecule has 90 valence electrons. The molecule has 3 rings (SSSR count). The van der Waals surface area contributed by atoms with Crippen LogP contribution in [0.2, 0.25) is 0 Å². The van der Waals surface area contributed by atoms with Crippen LogP contribution in [0.25, 0.3) is 0 Å². The van der Waals surface area contributed by atoms with E-state index < -0.39 is 0 Å². The third-order valence-electron chi connectivity index (χ3n) is 4.25. The molecular formula is C14H17NO2. The van der Waals surface area contributed by atoms with Crippen LogP contribution in [0.4, 0.5) is 10.5 Å². The summed E-state index contributed by atoms with van der Waals surface area (Å²) < 4.78 is 5.77. The molecule has 1 aliphatic carbocycles. The number of carbonyl (C=O) groups is 1. The van der Waals surface area contributed by atoms with E-state index in [1.807, 2.05) is 18.2 Å². The van der Waals surface area contributed by atoms with Gasteiger partial charge in [0.15, 0.2) is 0 Å². The zero-order chi connectivity index (χ0) is 12.0. The summed E-state index contributed by atoms with van der Waals surface area (Å²) in [6.07, 6.45) is 2.99. The zero-order valence-corrected chi connectivity index (χ0v) is 10.3. The molecule has 0 N–H and O–H groups in total. The summed E-state index contributed by atoms with van der Waals surface area (Å²) >= 11 is 0. The van der Waals surface area contributed by atoms with Gasteiger partial charge in [0.25, 0.3) is 0 Å². The second kappa shape index (κ2) is 3.49. The van der Waals surface area contributed by atoms with Gasteiger partial charge in [-0.1, -0.05) is 25.1 Å². The third-order valence-corrected chi connectivity index (χ3v) is 4.25. The molecule has 1 amide bonds. The molecule has 2 aliphatic rings. The molecule has 1 fully saturated rings. The molecule has 0 unspecified atom stereocenters. The van der Waals surface area contributed by atoms with Crippen LogP contribution in [-0.2, 0) is 10.3 Å². The Morgan fingerprint density at radius 3 is 2.88 bits per heavy atom. The number of nitrogens with zero attached hydrogens (tertiary/aromatic N) is 1. The van der Waals surface area contributed by atoms with Crippen LogP contribution in [-0.4, -0.2) is 13.1 Å². The Morgan fingerprint density at radius 1 is 1.41 bits per heavy atom. The number of ether oxygens (including phenoxy) is 1. The summed E-state index contributed by atoms with van der Waals surface area (Å²) in [6.45, 7) is 2.18. The minimum absolute atomic E-state index is 0.225. The maximum absolute atomic E-state index is 12.0. The van der Waals surface area contributed by atoms with Gasteiger partial charge >= 0.3 is 6.09 Å². The van der Waals surface area contributed by atoms with Crippen LogP contribution in [0, 0.1) is 5.92 Å². The van der Waals surface area contributed by atoms with E-state index in [9.17, 15) is 4.79 Å². The van der Waals surface area contributed by atoms with E-state index in [1.165, 1.54) is 5.56 Å². The third kappa shape index (κ3) is 1.31. The molecule has 0 saturated heterocycles. The minimum atomic E-state index is -0.375. The van der Waals surface area contributed by atoms with E-state index in [0.717, 1.165) is 24.9 Å². The van der Waals surface area contributed by atoms with Crippen LogP contribution >= 0.6 is 0 Å². The fraction of sp³-hybridized carbons (Fsp3) is 0.500. The number of hydrogen-bond acceptors (Lipinski definition) is 2. The highest BCUT2D eigenvalue weighted by atomic mass is 16.6. The molecule has 3 heteroatoms. The van der Waals surface area contributed by atoms with Gasteiger partial charge in [-0.15, -0.1) is 0 Å². The normalized spacial score (nSPS) is 31.5. The highest BCUT2D eigenvalue weighted by Crippen LogP contribution is 2.51. The quantitative estimate of drug-likeness (QED) is 0.685. The van der Waals surface area contributed by atoms with Crippen LogP contribution in [0.5, 0.6) is 0 Å². The Bertz CT molecular complexity index is 471. The van der Waals surface area contributed by atoms with Crippen molar-refractivity contribution < 1.29 is 9.53 Å². The minimum Gasteiger partial charge on any atom is -0.437 e. The number of anilines is 1. The van der Waals surface area contributed by atoms with Gasteiger partial charge in [-0.25, -0.2) is 4.79 Å². The first-order valence-electron chi connectivity index (χ1n) is 6.21. The Kier molecular flexibility index (Phi) is 2.18. The largest absolute Gasteiger partial charge is 0.437 e. The Labute approximate surface area is 101 Å². The first kappa shape index (κ1) is 10.6. The monoisotopic (exact) mass is 231 g/mol. The molecule has 1 aliphatic heterocycles. The molecule has 0 aromatic heterocycles. The van der Waals surface area contributed by atoms with Gasteiger partial charge in [-0.05, 0) is 25.3 Å². The van der Waals surface area contributed by atoms with Crippen molar-refractivity contribution in [3.05, 3.63) is 29.8 Å². The molecule has 0 radical (unpaired) electrons. The number of benzene rings is 1. The van der Waals surface area contributed by atoms with Gasteiger partial charge in [0, 0.05) is 18.5 Å². The lowest BCUT2D eigenvalue weighted by atomic mass is 9.82. The summed E-state index contributed by atoms with van der Waals surface area (Å²) in [7, 11) is 1.77. The standard InChI is InChI=1S/C14H17NO2/c1-10-6-5-9-14(10)11-7-3-4-8-12(11)15(2)13(16)17-14/h3-4,7-8,10H,5-6,9H2,1-2H3/t10-,14+/m0/s1. The molecule has 1 aromatic rings. The van der Waals surface area contributed by atoms with Crippen molar-refractivity contribution in [1.29, 1.82) is 0 Å². The maximum atomic E-state index is 12.0. The van der Waals surface area contributed by atoms with Gasteiger partial charge in [-0.2, -0.15) is 0 Å². The van der Waals surface area contributed by atoms with Gasteiger partial charge in [-0.3, -0.25) is 4.90 Å². The predicted octanol–water partition coefficient (Wildman–Crippen LogP) is 3.29. The van der Waals surface area contributed by atoms with Crippen LogP contribution in [0.1, 0.15) is 31.7 Å². The molecule has 3 nitrogen and oxygen atoms in total. The smallest absolute Gasteiger partial charge is 0.414 e.